The van der Waals surface area contributed by atoms with Crippen molar-refractivity contribution in [3.8, 4) is 0 Å². The summed E-state index contributed by atoms with van der Waals surface area (Å²) in [5.74, 6) is 0. The average Bonchev–Trinajstić information content (AvgIpc) is 1.63. The van der Waals surface area contributed by atoms with Crippen molar-refractivity contribution in [1.29, 1.82) is 0 Å². The third-order valence-electron chi connectivity index (χ3n) is 0.903. The molecule has 2 nitrogen and oxygen atoms in total. The van der Waals surface area contributed by atoms with E-state index in [4.69, 9.17) is 10.2 Å². The summed E-state index contributed by atoms with van der Waals surface area (Å²) in [5, 5.41) is 17.4. The van der Waals surface area contributed by atoms with Gasteiger partial charge in [0.2, 0.25) is 4.70 Å². The van der Waals surface area contributed by atoms with Gasteiger partial charge in [-0.3, -0.25) is 0 Å². The number of aliphatic hydroxyl groups is 2. The topological polar surface area (TPSA) is 40.5 Å². The number of hydrogen-bond acceptors (Lipinski definition) is 2. The Morgan fingerprint density at radius 3 is 2.44 bits per heavy atom. The molecule has 0 radical (unpaired) electrons. The van der Waals surface area contributed by atoms with Crippen LogP contribution >= 0.6 is 15.9 Å². The highest BCUT2D eigenvalue weighted by molar-refractivity contribution is 9.09. The van der Waals surface area contributed by atoms with Crippen molar-refractivity contribution in [1.82, 2.24) is 0 Å². The van der Waals surface area contributed by atoms with E-state index in [1.54, 1.807) is 6.08 Å². The highest BCUT2D eigenvalue weighted by Gasteiger charge is 2.15. The summed E-state index contributed by atoms with van der Waals surface area (Å²) in [5.41, 5.74) is 0. The normalized spacial score (nSPS) is 11.4. The molecule has 0 aromatic heterocycles. The van der Waals surface area contributed by atoms with Crippen molar-refractivity contribution in [2.75, 3.05) is 0 Å². The van der Waals surface area contributed by atoms with E-state index in [0.717, 1.165) is 12.8 Å². The number of halogens is 1. The molecule has 0 atom stereocenters. The Hall–Kier alpha value is 0.140. The van der Waals surface area contributed by atoms with Crippen LogP contribution in [0.15, 0.2) is 12.7 Å². The van der Waals surface area contributed by atoms with Gasteiger partial charge in [-0.2, -0.15) is 0 Å². The van der Waals surface area contributed by atoms with Crippen molar-refractivity contribution < 1.29 is 10.2 Å². The molecule has 0 aliphatic rings. The van der Waals surface area contributed by atoms with Gasteiger partial charge in [0.15, 0.2) is 0 Å². The van der Waals surface area contributed by atoms with Crippen LogP contribution in [0.3, 0.4) is 0 Å². The van der Waals surface area contributed by atoms with Crippen LogP contribution in [-0.2, 0) is 0 Å². The van der Waals surface area contributed by atoms with Gasteiger partial charge < -0.3 is 10.2 Å². The maximum absolute atomic E-state index is 8.68. The molecule has 0 aliphatic carbocycles. The Kier molecular flexibility index (Phi) is 4.10. The second kappa shape index (κ2) is 4.04. The summed E-state index contributed by atoms with van der Waals surface area (Å²) in [6.45, 7) is 3.50. The zero-order valence-electron chi connectivity index (χ0n) is 5.18. The van der Waals surface area contributed by atoms with E-state index in [1.807, 2.05) is 0 Å². The van der Waals surface area contributed by atoms with Crippen LogP contribution in [0.2, 0.25) is 0 Å². The molecule has 0 fully saturated rings. The molecule has 0 aromatic rings. The first kappa shape index (κ1) is 9.14. The molecule has 3 heteroatoms. The molecule has 0 saturated carbocycles. The molecule has 54 valence electrons. The summed E-state index contributed by atoms with van der Waals surface area (Å²) < 4.78 is -1.68. The quantitative estimate of drug-likeness (QED) is 0.308. The lowest BCUT2D eigenvalue weighted by atomic mass is 10.2. The van der Waals surface area contributed by atoms with Crippen LogP contribution in [-0.4, -0.2) is 14.9 Å². The second-order valence-corrected chi connectivity index (χ2v) is 3.17. The van der Waals surface area contributed by atoms with E-state index in [-0.39, 0.29) is 0 Å². The van der Waals surface area contributed by atoms with Crippen molar-refractivity contribution in [3.63, 3.8) is 0 Å². The Morgan fingerprint density at radius 2 is 2.11 bits per heavy atom. The van der Waals surface area contributed by atoms with Gasteiger partial charge in [-0.1, -0.05) is 6.08 Å². The minimum atomic E-state index is -1.68. The molecule has 0 aromatic carbocycles. The standard InChI is InChI=1S/C6H11BrO2/c1-2-3-4-5-6(7,8)9/h2,8-9H,1,3-5H2. The number of unbranched alkanes of at least 4 members (excludes halogenated alkanes) is 1. The van der Waals surface area contributed by atoms with E-state index in [0.29, 0.717) is 6.42 Å². The molecule has 0 spiro atoms. The second-order valence-electron chi connectivity index (χ2n) is 1.90. The summed E-state index contributed by atoms with van der Waals surface area (Å²) in [6, 6.07) is 0. The van der Waals surface area contributed by atoms with E-state index in [1.165, 1.54) is 0 Å². The molecular weight excluding hydrogens is 184 g/mol. The zero-order chi connectivity index (χ0) is 7.33. The van der Waals surface area contributed by atoms with Gasteiger partial charge in [0.1, 0.15) is 0 Å². The largest absolute Gasteiger partial charge is 0.357 e. The maximum atomic E-state index is 8.68. The molecule has 0 heterocycles. The molecular formula is C6H11BrO2. The molecule has 0 rings (SSSR count). The summed E-state index contributed by atoms with van der Waals surface area (Å²) >= 11 is 2.69. The predicted molar refractivity (Wildman–Crippen MR) is 40.1 cm³/mol. The third kappa shape index (κ3) is 8.14. The molecule has 2 N–H and O–H groups in total. The lowest BCUT2D eigenvalue weighted by Crippen LogP contribution is -2.17. The van der Waals surface area contributed by atoms with Gasteiger partial charge in [-0.05, 0) is 28.8 Å². The Labute approximate surface area is 63.3 Å². The van der Waals surface area contributed by atoms with Gasteiger partial charge in [-0.25, -0.2) is 0 Å². The van der Waals surface area contributed by atoms with Crippen molar-refractivity contribution in [2.24, 2.45) is 0 Å². The Balaban J connectivity index is 3.17. The predicted octanol–water partition coefficient (Wildman–Crippen LogP) is 1.38. The smallest absolute Gasteiger partial charge is 0.221 e. The summed E-state index contributed by atoms with van der Waals surface area (Å²) in [4.78, 5) is 0. The van der Waals surface area contributed by atoms with Crippen LogP contribution in [0.25, 0.3) is 0 Å². The van der Waals surface area contributed by atoms with E-state index in [9.17, 15) is 0 Å². The first-order valence-electron chi connectivity index (χ1n) is 2.81. The minimum absolute atomic E-state index is 0.332. The number of hydrogen-bond donors (Lipinski definition) is 2. The van der Waals surface area contributed by atoms with Crippen molar-refractivity contribution in [2.45, 2.75) is 24.0 Å². The summed E-state index contributed by atoms with van der Waals surface area (Å²) in [6.07, 6.45) is 3.63. The van der Waals surface area contributed by atoms with Crippen LogP contribution in [0.5, 0.6) is 0 Å². The highest BCUT2D eigenvalue weighted by Crippen LogP contribution is 2.17. The van der Waals surface area contributed by atoms with Gasteiger partial charge in [0.05, 0.1) is 0 Å². The van der Waals surface area contributed by atoms with Crippen molar-refractivity contribution in [3.05, 3.63) is 12.7 Å². The third-order valence-corrected chi connectivity index (χ3v) is 1.30. The Morgan fingerprint density at radius 1 is 1.56 bits per heavy atom. The average molecular weight is 195 g/mol. The number of allylic oxidation sites excluding steroid dienone is 1. The minimum Gasteiger partial charge on any atom is -0.357 e. The van der Waals surface area contributed by atoms with E-state index >= 15 is 0 Å². The highest BCUT2D eigenvalue weighted by atomic mass is 79.9. The molecule has 0 amide bonds. The lowest BCUT2D eigenvalue weighted by molar-refractivity contribution is -0.0748. The van der Waals surface area contributed by atoms with E-state index in [2.05, 4.69) is 22.5 Å². The van der Waals surface area contributed by atoms with E-state index < -0.39 is 4.70 Å². The Bertz CT molecular complexity index is 85.5. The van der Waals surface area contributed by atoms with Gasteiger partial charge >= 0.3 is 0 Å². The van der Waals surface area contributed by atoms with Crippen LogP contribution in [0.1, 0.15) is 19.3 Å². The van der Waals surface area contributed by atoms with Crippen molar-refractivity contribution >= 4 is 15.9 Å². The SMILES string of the molecule is C=CCCCC(O)(O)Br. The first-order valence-corrected chi connectivity index (χ1v) is 3.60. The zero-order valence-corrected chi connectivity index (χ0v) is 6.76. The molecule has 9 heavy (non-hydrogen) atoms. The van der Waals surface area contributed by atoms with Crippen LogP contribution in [0, 0.1) is 0 Å². The fourth-order valence-corrected chi connectivity index (χ4v) is 0.752. The van der Waals surface area contributed by atoms with Gasteiger partial charge in [0, 0.05) is 6.42 Å². The summed E-state index contributed by atoms with van der Waals surface area (Å²) in [7, 11) is 0. The van der Waals surface area contributed by atoms with Gasteiger partial charge in [-0.15, -0.1) is 6.58 Å². The molecule has 0 bridgehead atoms. The monoisotopic (exact) mass is 194 g/mol. The molecule has 0 saturated heterocycles. The van der Waals surface area contributed by atoms with Crippen LogP contribution in [0.4, 0.5) is 0 Å². The van der Waals surface area contributed by atoms with Gasteiger partial charge in [0.25, 0.3) is 0 Å². The fourth-order valence-electron chi connectivity index (χ4n) is 0.471. The van der Waals surface area contributed by atoms with Crippen LogP contribution < -0.4 is 0 Å². The molecule has 0 aliphatic heterocycles. The number of rotatable bonds is 4. The molecule has 0 unspecified atom stereocenters. The number of alkyl halides is 1. The maximum Gasteiger partial charge on any atom is 0.221 e. The lowest BCUT2D eigenvalue weighted by Gasteiger charge is -2.11. The first-order chi connectivity index (χ1) is 4.06. The fraction of sp³-hybridized carbons (Fsp3) is 0.667.